The van der Waals surface area contributed by atoms with Crippen molar-refractivity contribution in [1.29, 1.82) is 0 Å². The minimum absolute atomic E-state index is 0.166. The summed E-state index contributed by atoms with van der Waals surface area (Å²) >= 11 is 0. The zero-order chi connectivity index (χ0) is 21.0. The smallest absolute Gasteiger partial charge is 0.264 e. The minimum Gasteiger partial charge on any atom is -0.311 e. The number of hydrogen-bond donors (Lipinski definition) is 0. The van der Waals surface area contributed by atoms with E-state index in [9.17, 15) is 12.8 Å². The highest BCUT2D eigenvalue weighted by Crippen LogP contribution is 2.34. The predicted molar refractivity (Wildman–Crippen MR) is 112 cm³/mol. The predicted octanol–water partition coefficient (Wildman–Crippen LogP) is 4.41. The molecule has 0 atom stereocenters. The van der Waals surface area contributed by atoms with Gasteiger partial charge in [0.2, 0.25) is 0 Å². The van der Waals surface area contributed by atoms with E-state index in [2.05, 4.69) is 10.2 Å². The summed E-state index contributed by atoms with van der Waals surface area (Å²) in [7, 11) is -3.88. The Labute approximate surface area is 171 Å². The molecule has 6 nitrogen and oxygen atoms in total. The molecule has 0 amide bonds. The molecule has 1 heterocycles. The molecule has 0 aliphatic heterocycles. The van der Waals surface area contributed by atoms with E-state index in [0.717, 1.165) is 6.42 Å². The number of anilines is 1. The van der Waals surface area contributed by atoms with Crippen molar-refractivity contribution in [1.82, 2.24) is 14.8 Å². The Hall–Kier alpha value is -2.74. The highest BCUT2D eigenvalue weighted by molar-refractivity contribution is 7.92. The lowest BCUT2D eigenvalue weighted by Crippen LogP contribution is -2.32. The van der Waals surface area contributed by atoms with E-state index in [-0.39, 0.29) is 17.1 Å². The Morgan fingerprint density at radius 2 is 1.79 bits per heavy atom. The second-order valence-corrected chi connectivity index (χ2v) is 8.58. The second kappa shape index (κ2) is 8.73. The van der Waals surface area contributed by atoms with Crippen molar-refractivity contribution < 1.29 is 12.8 Å². The van der Waals surface area contributed by atoms with Crippen LogP contribution in [-0.4, -0.2) is 29.7 Å². The summed E-state index contributed by atoms with van der Waals surface area (Å²) in [6.45, 7) is 6.63. The maximum Gasteiger partial charge on any atom is 0.264 e. The number of sulfonamides is 1. The lowest BCUT2D eigenvalue weighted by Gasteiger charge is -2.26. The van der Waals surface area contributed by atoms with E-state index in [4.69, 9.17) is 0 Å². The number of halogens is 1. The third kappa shape index (κ3) is 4.17. The lowest BCUT2D eigenvalue weighted by atomic mass is 10.1. The van der Waals surface area contributed by atoms with E-state index >= 15 is 0 Å². The number of aromatic nitrogens is 3. The molecule has 0 aliphatic carbocycles. The Kier molecular flexibility index (Phi) is 6.32. The molecule has 0 aliphatic rings. The molecule has 2 aromatic carbocycles. The van der Waals surface area contributed by atoms with Gasteiger partial charge in [-0.25, -0.2) is 12.8 Å². The zero-order valence-electron chi connectivity index (χ0n) is 16.8. The van der Waals surface area contributed by atoms with Gasteiger partial charge >= 0.3 is 0 Å². The molecule has 1 aromatic heterocycles. The van der Waals surface area contributed by atoms with Crippen LogP contribution in [0.2, 0.25) is 0 Å². The number of benzene rings is 2. The first-order chi connectivity index (χ1) is 13.9. The van der Waals surface area contributed by atoms with Crippen molar-refractivity contribution >= 4 is 15.7 Å². The van der Waals surface area contributed by atoms with E-state index in [0.29, 0.717) is 30.2 Å². The van der Waals surface area contributed by atoms with Gasteiger partial charge in [-0.1, -0.05) is 31.5 Å². The quantitative estimate of drug-likeness (QED) is 0.546. The fourth-order valence-electron chi connectivity index (χ4n) is 3.25. The molecule has 0 unspecified atom stereocenters. The fourth-order valence-corrected chi connectivity index (χ4v) is 4.79. The van der Waals surface area contributed by atoms with Crippen molar-refractivity contribution in [2.45, 2.75) is 45.1 Å². The largest absolute Gasteiger partial charge is 0.311 e. The number of hydrogen-bond acceptors (Lipinski definition) is 4. The van der Waals surface area contributed by atoms with Gasteiger partial charge < -0.3 is 4.57 Å². The fraction of sp³-hybridized carbons (Fsp3) is 0.333. The third-order valence-corrected chi connectivity index (χ3v) is 6.59. The SMILES string of the molecule is CCCCN(c1cc(F)ccc1-c1nnc(C)n1CC)S(=O)(=O)c1ccccc1. The van der Waals surface area contributed by atoms with Crippen LogP contribution in [0.3, 0.4) is 0 Å². The summed E-state index contributed by atoms with van der Waals surface area (Å²) in [6.07, 6.45) is 1.44. The third-order valence-electron chi connectivity index (χ3n) is 4.77. The van der Waals surface area contributed by atoms with Crippen LogP contribution in [-0.2, 0) is 16.6 Å². The summed E-state index contributed by atoms with van der Waals surface area (Å²) in [5.41, 5.74) is 0.800. The molecule has 0 spiro atoms. The second-order valence-electron chi connectivity index (χ2n) is 6.72. The Morgan fingerprint density at radius 3 is 2.45 bits per heavy atom. The van der Waals surface area contributed by atoms with Gasteiger partial charge in [-0.15, -0.1) is 10.2 Å². The van der Waals surface area contributed by atoms with Crippen molar-refractivity contribution in [2.24, 2.45) is 0 Å². The van der Waals surface area contributed by atoms with Crippen molar-refractivity contribution in [3.8, 4) is 11.4 Å². The van der Waals surface area contributed by atoms with Crippen LogP contribution in [0.15, 0.2) is 53.4 Å². The first kappa shape index (κ1) is 21.0. The van der Waals surface area contributed by atoms with Gasteiger partial charge in [0.1, 0.15) is 11.6 Å². The molecule has 0 saturated carbocycles. The maximum atomic E-state index is 14.3. The first-order valence-electron chi connectivity index (χ1n) is 9.67. The first-order valence-corrected chi connectivity index (χ1v) is 11.1. The number of rotatable bonds is 8. The average molecular weight is 417 g/mol. The van der Waals surface area contributed by atoms with E-state index < -0.39 is 15.8 Å². The number of nitrogens with zero attached hydrogens (tertiary/aromatic N) is 4. The molecule has 8 heteroatoms. The van der Waals surface area contributed by atoms with Crippen LogP contribution < -0.4 is 4.31 Å². The lowest BCUT2D eigenvalue weighted by molar-refractivity contribution is 0.588. The molecule has 0 saturated heterocycles. The molecule has 3 rings (SSSR count). The van der Waals surface area contributed by atoms with Crippen molar-refractivity contribution in [3.63, 3.8) is 0 Å². The molecular weight excluding hydrogens is 391 g/mol. The molecule has 0 fully saturated rings. The van der Waals surface area contributed by atoms with Crippen LogP contribution in [0.4, 0.5) is 10.1 Å². The standard InChI is InChI=1S/C21H25FN4O2S/c1-4-6-14-26(29(27,28)18-10-8-7-9-11-18)20-15-17(22)12-13-19(20)21-24-23-16(3)25(21)5-2/h7-13,15H,4-6,14H2,1-3H3. The van der Waals surface area contributed by atoms with Crippen LogP contribution in [0.5, 0.6) is 0 Å². The summed E-state index contributed by atoms with van der Waals surface area (Å²) in [5, 5.41) is 8.35. The summed E-state index contributed by atoms with van der Waals surface area (Å²) < 4.78 is 44.3. The van der Waals surface area contributed by atoms with Gasteiger partial charge in [-0.2, -0.15) is 0 Å². The number of aryl methyl sites for hydroxylation is 1. The van der Waals surface area contributed by atoms with Gasteiger partial charge in [0, 0.05) is 18.7 Å². The van der Waals surface area contributed by atoms with Crippen LogP contribution in [0, 0.1) is 12.7 Å². The maximum absolute atomic E-state index is 14.3. The normalized spacial score (nSPS) is 11.6. The molecular formula is C21H25FN4O2S. The van der Waals surface area contributed by atoms with E-state index in [1.165, 1.54) is 16.4 Å². The highest BCUT2D eigenvalue weighted by Gasteiger charge is 2.28. The van der Waals surface area contributed by atoms with Crippen LogP contribution >= 0.6 is 0 Å². The Balaban J connectivity index is 2.22. The monoisotopic (exact) mass is 416 g/mol. The van der Waals surface area contributed by atoms with E-state index in [1.807, 2.05) is 25.3 Å². The van der Waals surface area contributed by atoms with Crippen molar-refractivity contribution in [2.75, 3.05) is 10.8 Å². The van der Waals surface area contributed by atoms with Gasteiger partial charge in [0.25, 0.3) is 10.0 Å². The molecule has 29 heavy (non-hydrogen) atoms. The summed E-state index contributed by atoms with van der Waals surface area (Å²) in [6, 6.07) is 12.3. The Morgan fingerprint density at radius 1 is 1.07 bits per heavy atom. The van der Waals surface area contributed by atoms with Gasteiger partial charge in [0.05, 0.1) is 10.6 Å². The van der Waals surface area contributed by atoms with E-state index in [1.54, 1.807) is 36.4 Å². The zero-order valence-corrected chi connectivity index (χ0v) is 17.7. The van der Waals surface area contributed by atoms with Crippen molar-refractivity contribution in [3.05, 3.63) is 60.2 Å². The van der Waals surface area contributed by atoms with Gasteiger partial charge in [-0.3, -0.25) is 4.31 Å². The molecule has 0 N–H and O–H groups in total. The van der Waals surface area contributed by atoms with Gasteiger partial charge in [0.15, 0.2) is 5.82 Å². The molecule has 3 aromatic rings. The number of unbranched alkanes of at least 4 members (excludes halogenated alkanes) is 1. The topological polar surface area (TPSA) is 68.1 Å². The highest BCUT2D eigenvalue weighted by atomic mass is 32.2. The minimum atomic E-state index is -3.88. The average Bonchev–Trinajstić information content (AvgIpc) is 3.09. The summed E-state index contributed by atoms with van der Waals surface area (Å²) in [5.74, 6) is 0.723. The Bertz CT molecular complexity index is 1080. The van der Waals surface area contributed by atoms with Crippen LogP contribution in [0.25, 0.3) is 11.4 Å². The summed E-state index contributed by atoms with van der Waals surface area (Å²) in [4.78, 5) is 0.166. The molecule has 154 valence electrons. The van der Waals surface area contributed by atoms with Gasteiger partial charge in [-0.05, 0) is 50.6 Å². The molecule has 0 bridgehead atoms. The molecule has 0 radical (unpaired) electrons. The van der Waals surface area contributed by atoms with Crippen LogP contribution in [0.1, 0.15) is 32.5 Å².